The van der Waals surface area contributed by atoms with E-state index in [4.69, 9.17) is 14.2 Å². The number of hydrogen-bond acceptors (Lipinski definition) is 6. The van der Waals surface area contributed by atoms with Gasteiger partial charge in [0.25, 0.3) is 0 Å². The summed E-state index contributed by atoms with van der Waals surface area (Å²) in [6, 6.07) is 0. The largest absolute Gasteiger partial charge is 0.462 e. The SMILES string of the molecule is CC/C=C\C/C=C\C/C=C\C/C=C\CCCCC(=O)O[C@@H](COC(=O)CCCCCCCC/C=C\C/C=C\C/C=C\CCCCC)COC(=O)CCCCCCCCCCCC. The molecule has 0 aromatic heterocycles. The van der Waals surface area contributed by atoms with Crippen molar-refractivity contribution in [3.05, 3.63) is 85.1 Å². The van der Waals surface area contributed by atoms with E-state index < -0.39 is 6.10 Å². The van der Waals surface area contributed by atoms with Gasteiger partial charge in [0.05, 0.1) is 0 Å². The van der Waals surface area contributed by atoms with Gasteiger partial charge in [-0.3, -0.25) is 14.4 Å². The van der Waals surface area contributed by atoms with Crippen molar-refractivity contribution in [1.29, 1.82) is 0 Å². The van der Waals surface area contributed by atoms with Gasteiger partial charge in [0.1, 0.15) is 13.2 Å². The molecule has 0 bridgehead atoms. The average molecular weight is 863 g/mol. The fraction of sp³-hybridized carbons (Fsp3) is 0.696. The Morgan fingerprint density at radius 1 is 0.339 bits per heavy atom. The van der Waals surface area contributed by atoms with E-state index >= 15 is 0 Å². The molecule has 0 aromatic carbocycles. The number of allylic oxidation sites excluding steroid dienone is 14. The maximum atomic E-state index is 12.8. The van der Waals surface area contributed by atoms with E-state index in [0.717, 1.165) is 96.3 Å². The molecule has 0 aromatic rings. The molecule has 1 atom stereocenters. The topological polar surface area (TPSA) is 78.9 Å². The lowest BCUT2D eigenvalue weighted by Gasteiger charge is -2.18. The van der Waals surface area contributed by atoms with Gasteiger partial charge in [-0.25, -0.2) is 0 Å². The predicted molar refractivity (Wildman–Crippen MR) is 265 cm³/mol. The van der Waals surface area contributed by atoms with Crippen molar-refractivity contribution >= 4 is 17.9 Å². The molecule has 0 aliphatic carbocycles. The molecule has 0 spiro atoms. The van der Waals surface area contributed by atoms with Crippen LogP contribution >= 0.6 is 0 Å². The molecule has 0 aliphatic rings. The van der Waals surface area contributed by atoms with E-state index in [9.17, 15) is 14.4 Å². The highest BCUT2D eigenvalue weighted by Gasteiger charge is 2.19. The predicted octanol–water partition coefficient (Wildman–Crippen LogP) is 16.8. The zero-order valence-electron chi connectivity index (χ0n) is 40.4. The van der Waals surface area contributed by atoms with Crippen LogP contribution in [-0.4, -0.2) is 37.2 Å². The van der Waals surface area contributed by atoms with Crippen molar-refractivity contribution in [2.24, 2.45) is 0 Å². The number of rotatable bonds is 45. The summed E-state index contributed by atoms with van der Waals surface area (Å²) >= 11 is 0. The zero-order chi connectivity index (χ0) is 45.1. The highest BCUT2D eigenvalue weighted by Crippen LogP contribution is 2.14. The summed E-state index contributed by atoms with van der Waals surface area (Å²) in [7, 11) is 0. The summed E-state index contributed by atoms with van der Waals surface area (Å²) < 4.78 is 16.7. The van der Waals surface area contributed by atoms with Crippen molar-refractivity contribution < 1.29 is 28.6 Å². The van der Waals surface area contributed by atoms with Gasteiger partial charge in [0.2, 0.25) is 0 Å². The molecule has 6 heteroatoms. The van der Waals surface area contributed by atoms with E-state index in [2.05, 4.69) is 106 Å². The molecule has 0 amide bonds. The summed E-state index contributed by atoms with van der Waals surface area (Å²) in [4.78, 5) is 37.9. The van der Waals surface area contributed by atoms with Crippen molar-refractivity contribution in [1.82, 2.24) is 0 Å². The van der Waals surface area contributed by atoms with Crippen LogP contribution in [0, 0.1) is 0 Å². The van der Waals surface area contributed by atoms with Crippen LogP contribution in [0.15, 0.2) is 85.1 Å². The molecule has 0 N–H and O–H groups in total. The number of carbonyl (C=O) groups is 3. The smallest absolute Gasteiger partial charge is 0.306 e. The second kappa shape index (κ2) is 50.2. The zero-order valence-corrected chi connectivity index (χ0v) is 40.4. The van der Waals surface area contributed by atoms with Crippen LogP contribution in [0.1, 0.15) is 233 Å². The van der Waals surface area contributed by atoms with E-state index in [1.165, 1.54) is 89.9 Å². The van der Waals surface area contributed by atoms with Gasteiger partial charge >= 0.3 is 17.9 Å². The Hall–Kier alpha value is -3.41. The van der Waals surface area contributed by atoms with Crippen molar-refractivity contribution in [3.8, 4) is 0 Å². The molecule has 0 saturated carbocycles. The third kappa shape index (κ3) is 47.6. The van der Waals surface area contributed by atoms with Crippen LogP contribution in [0.5, 0.6) is 0 Å². The fourth-order valence-electron chi connectivity index (χ4n) is 6.79. The molecule has 0 unspecified atom stereocenters. The normalized spacial score (nSPS) is 12.8. The van der Waals surface area contributed by atoms with Gasteiger partial charge in [0, 0.05) is 19.3 Å². The van der Waals surface area contributed by atoms with Gasteiger partial charge < -0.3 is 14.2 Å². The Bertz CT molecular complexity index is 1220. The summed E-state index contributed by atoms with van der Waals surface area (Å²) in [5.41, 5.74) is 0. The molecule has 0 aliphatic heterocycles. The van der Waals surface area contributed by atoms with E-state index in [0.29, 0.717) is 19.3 Å². The maximum absolute atomic E-state index is 12.8. The minimum absolute atomic E-state index is 0.0969. The van der Waals surface area contributed by atoms with Crippen molar-refractivity contribution in [2.45, 2.75) is 239 Å². The number of carbonyl (C=O) groups excluding carboxylic acids is 3. The Labute approximate surface area is 382 Å². The second-order valence-corrected chi connectivity index (χ2v) is 16.7. The third-order valence-electron chi connectivity index (χ3n) is 10.6. The standard InChI is InChI=1S/C56H94O6/c1-4-7-10-13-16-19-22-24-26-27-28-29-31-32-34-37-40-43-46-49-55(58)61-52-53(51-60-54(57)48-45-42-39-36-21-18-15-12-9-6-3)62-56(59)50-47-44-41-38-35-33-30-25-23-20-17-14-11-8-5-2/h8,11,16-17,19-20,24-26,28-30,35,38,53H,4-7,9-10,12-15,18,21-23,27,31-34,36-37,39-52H2,1-3H3/b11-8-,19-16-,20-17-,26-24-,29-28-,30-25-,38-35-/t53-/m1/s1. The van der Waals surface area contributed by atoms with E-state index in [-0.39, 0.29) is 37.5 Å². The molecule has 0 radical (unpaired) electrons. The Balaban J connectivity index is 4.43. The van der Waals surface area contributed by atoms with Crippen LogP contribution in [0.25, 0.3) is 0 Å². The molecule has 62 heavy (non-hydrogen) atoms. The van der Waals surface area contributed by atoms with Crippen LogP contribution in [0.4, 0.5) is 0 Å². The molecule has 0 saturated heterocycles. The van der Waals surface area contributed by atoms with Crippen LogP contribution in [-0.2, 0) is 28.6 Å². The van der Waals surface area contributed by atoms with E-state index in [1.54, 1.807) is 0 Å². The fourth-order valence-corrected chi connectivity index (χ4v) is 6.79. The number of unbranched alkanes of at least 4 members (excludes halogenated alkanes) is 20. The molecule has 6 nitrogen and oxygen atoms in total. The first kappa shape index (κ1) is 58.6. The van der Waals surface area contributed by atoms with E-state index in [1.807, 2.05) is 0 Å². The van der Waals surface area contributed by atoms with Crippen molar-refractivity contribution in [2.75, 3.05) is 13.2 Å². The summed E-state index contributed by atoms with van der Waals surface area (Å²) in [5, 5.41) is 0. The quantitative estimate of drug-likeness (QED) is 0.0263. The summed E-state index contributed by atoms with van der Waals surface area (Å²) in [6.07, 6.45) is 64.2. The maximum Gasteiger partial charge on any atom is 0.306 e. The molecule has 0 heterocycles. The molecular weight excluding hydrogens is 769 g/mol. The molecule has 354 valence electrons. The minimum atomic E-state index is -0.801. The molecular formula is C56H94O6. The third-order valence-corrected chi connectivity index (χ3v) is 10.6. The van der Waals surface area contributed by atoms with Gasteiger partial charge in [-0.2, -0.15) is 0 Å². The lowest BCUT2D eigenvalue weighted by molar-refractivity contribution is -0.167. The molecule has 0 fully saturated rings. The lowest BCUT2D eigenvalue weighted by atomic mass is 10.1. The number of hydrogen-bond donors (Lipinski definition) is 0. The van der Waals surface area contributed by atoms with Crippen molar-refractivity contribution in [3.63, 3.8) is 0 Å². The van der Waals surface area contributed by atoms with Gasteiger partial charge in [0.15, 0.2) is 6.10 Å². The Kier molecular flexibility index (Phi) is 47.5. The summed E-state index contributed by atoms with van der Waals surface area (Å²) in [5.74, 6) is -0.955. The highest BCUT2D eigenvalue weighted by atomic mass is 16.6. The Morgan fingerprint density at radius 2 is 0.629 bits per heavy atom. The van der Waals surface area contributed by atoms with Crippen LogP contribution in [0.3, 0.4) is 0 Å². The van der Waals surface area contributed by atoms with Gasteiger partial charge in [-0.1, -0.05) is 202 Å². The summed E-state index contributed by atoms with van der Waals surface area (Å²) in [6.45, 7) is 6.43. The average Bonchev–Trinajstić information content (AvgIpc) is 3.27. The monoisotopic (exact) mass is 863 g/mol. The number of esters is 3. The second-order valence-electron chi connectivity index (χ2n) is 16.7. The minimum Gasteiger partial charge on any atom is -0.462 e. The van der Waals surface area contributed by atoms with Crippen LogP contribution in [0.2, 0.25) is 0 Å². The first-order valence-corrected chi connectivity index (χ1v) is 25.6. The van der Waals surface area contributed by atoms with Gasteiger partial charge in [-0.15, -0.1) is 0 Å². The Morgan fingerprint density at radius 3 is 1.05 bits per heavy atom. The van der Waals surface area contributed by atoms with Gasteiger partial charge in [-0.05, 0) is 96.3 Å². The van der Waals surface area contributed by atoms with Crippen LogP contribution < -0.4 is 0 Å². The molecule has 0 rings (SSSR count). The number of ether oxygens (including phenoxy) is 3. The first-order valence-electron chi connectivity index (χ1n) is 25.6. The highest BCUT2D eigenvalue weighted by molar-refractivity contribution is 5.71. The lowest BCUT2D eigenvalue weighted by Crippen LogP contribution is -2.30. The first-order chi connectivity index (χ1) is 30.5.